The van der Waals surface area contributed by atoms with Gasteiger partial charge in [-0.05, 0) is 60.4 Å². The van der Waals surface area contributed by atoms with E-state index >= 15 is 0 Å². The highest BCUT2D eigenvalue weighted by Gasteiger charge is 2.30. The summed E-state index contributed by atoms with van der Waals surface area (Å²) in [5.41, 5.74) is -0.439. The van der Waals surface area contributed by atoms with E-state index in [0.717, 1.165) is 19.4 Å². The molecule has 3 heteroatoms. The van der Waals surface area contributed by atoms with E-state index in [4.69, 9.17) is 0 Å². The van der Waals surface area contributed by atoms with Gasteiger partial charge in [-0.1, -0.05) is 20.3 Å². The molecule has 0 rings (SSSR count). The summed E-state index contributed by atoms with van der Waals surface area (Å²) >= 11 is 0. The minimum Gasteiger partial charge on any atom is -0.298 e. The summed E-state index contributed by atoms with van der Waals surface area (Å²) in [5, 5.41) is 12.9. The molecule has 0 aliphatic rings. The van der Waals surface area contributed by atoms with Crippen LogP contribution in [0.4, 0.5) is 0 Å². The van der Waals surface area contributed by atoms with Gasteiger partial charge < -0.3 is 0 Å². The maximum absolute atomic E-state index is 9.51. The van der Waals surface area contributed by atoms with Crippen molar-refractivity contribution in [1.29, 1.82) is 5.26 Å². The molecule has 0 saturated carbocycles. The lowest BCUT2D eigenvalue weighted by Crippen LogP contribution is -2.51. The molecule has 1 N–H and O–H groups in total. The van der Waals surface area contributed by atoms with Gasteiger partial charge in [0.15, 0.2) is 0 Å². The number of hydrogen-bond donors (Lipinski definition) is 1. The third-order valence-corrected chi connectivity index (χ3v) is 4.05. The minimum atomic E-state index is -0.439. The first-order valence-electron chi connectivity index (χ1n) is 8.24. The zero-order valence-electron chi connectivity index (χ0n) is 14.7. The zero-order chi connectivity index (χ0) is 15.8. The molecule has 0 aliphatic heterocycles. The van der Waals surface area contributed by atoms with Gasteiger partial charge in [-0.25, -0.2) is 0 Å². The van der Waals surface area contributed by atoms with E-state index in [2.05, 4.69) is 57.8 Å². The Labute approximate surface area is 126 Å². The molecule has 3 unspecified atom stereocenters. The Kier molecular flexibility index (Phi) is 9.09. The summed E-state index contributed by atoms with van der Waals surface area (Å²) in [6.45, 7) is 16.4. The Balaban J connectivity index is 4.79. The molecule has 0 aromatic carbocycles. The highest BCUT2D eigenvalue weighted by Crippen LogP contribution is 2.20. The SMILES string of the molecule is CCCCN(C(C)CC)C(C)CC(C)(C#N)NC(C)C. The van der Waals surface area contributed by atoms with E-state index in [1.165, 1.54) is 12.8 Å². The van der Waals surface area contributed by atoms with Gasteiger partial charge in [0.1, 0.15) is 5.54 Å². The maximum atomic E-state index is 9.51. The molecule has 3 atom stereocenters. The van der Waals surface area contributed by atoms with Gasteiger partial charge in [-0.2, -0.15) is 5.26 Å². The van der Waals surface area contributed by atoms with Crippen molar-refractivity contribution in [3.63, 3.8) is 0 Å². The topological polar surface area (TPSA) is 39.1 Å². The van der Waals surface area contributed by atoms with Gasteiger partial charge in [0.2, 0.25) is 0 Å². The van der Waals surface area contributed by atoms with Crippen LogP contribution < -0.4 is 5.32 Å². The van der Waals surface area contributed by atoms with E-state index in [0.29, 0.717) is 18.1 Å². The maximum Gasteiger partial charge on any atom is 0.105 e. The molecule has 0 spiro atoms. The highest BCUT2D eigenvalue weighted by molar-refractivity contribution is 5.06. The molecule has 0 aromatic rings. The van der Waals surface area contributed by atoms with Crippen molar-refractivity contribution in [1.82, 2.24) is 10.2 Å². The quantitative estimate of drug-likeness (QED) is 0.659. The molecule has 0 radical (unpaired) electrons. The fraction of sp³-hybridized carbons (Fsp3) is 0.941. The Hall–Kier alpha value is -0.590. The zero-order valence-corrected chi connectivity index (χ0v) is 14.7. The van der Waals surface area contributed by atoms with Crippen LogP contribution in [0.5, 0.6) is 0 Å². The van der Waals surface area contributed by atoms with Crippen molar-refractivity contribution in [3.05, 3.63) is 0 Å². The summed E-state index contributed by atoms with van der Waals surface area (Å²) in [6.07, 6.45) is 4.49. The molecule has 0 saturated heterocycles. The second kappa shape index (κ2) is 9.37. The average molecular weight is 281 g/mol. The number of nitriles is 1. The standard InChI is InChI=1S/C17H35N3/c1-8-10-11-20(15(5)9-2)16(6)12-17(7,13-18)19-14(3)4/h14-16,19H,8-12H2,1-7H3. The minimum absolute atomic E-state index is 0.333. The molecule has 0 bridgehead atoms. The first-order valence-corrected chi connectivity index (χ1v) is 8.24. The van der Waals surface area contributed by atoms with Crippen LogP contribution >= 0.6 is 0 Å². The molecule has 3 nitrogen and oxygen atoms in total. The lowest BCUT2D eigenvalue weighted by atomic mass is 9.92. The first-order chi connectivity index (χ1) is 9.29. The van der Waals surface area contributed by atoms with Gasteiger partial charge in [0.05, 0.1) is 6.07 Å². The number of nitrogens with zero attached hydrogens (tertiary/aromatic N) is 2. The van der Waals surface area contributed by atoms with E-state index < -0.39 is 5.54 Å². The third-order valence-electron chi connectivity index (χ3n) is 4.05. The van der Waals surface area contributed by atoms with E-state index in [1.807, 2.05) is 6.92 Å². The molecule has 0 aliphatic carbocycles. The fourth-order valence-corrected chi connectivity index (χ4v) is 2.93. The fourth-order valence-electron chi connectivity index (χ4n) is 2.93. The van der Waals surface area contributed by atoms with Gasteiger partial charge in [-0.15, -0.1) is 0 Å². The summed E-state index contributed by atoms with van der Waals surface area (Å²) in [4.78, 5) is 2.57. The smallest absolute Gasteiger partial charge is 0.105 e. The molecule has 0 heterocycles. The van der Waals surface area contributed by atoms with Gasteiger partial charge >= 0.3 is 0 Å². The van der Waals surface area contributed by atoms with Crippen molar-refractivity contribution in [2.75, 3.05) is 6.54 Å². The molecular weight excluding hydrogens is 246 g/mol. The highest BCUT2D eigenvalue weighted by atomic mass is 15.2. The number of rotatable bonds is 10. The molecule has 0 fully saturated rings. The summed E-state index contributed by atoms with van der Waals surface area (Å²) in [5.74, 6) is 0. The molecule has 20 heavy (non-hydrogen) atoms. The second-order valence-corrected chi connectivity index (χ2v) is 6.64. The first kappa shape index (κ1) is 19.4. The van der Waals surface area contributed by atoms with E-state index in [-0.39, 0.29) is 0 Å². The predicted octanol–water partition coefficient (Wildman–Crippen LogP) is 3.95. The normalized spacial score (nSPS) is 17.8. The van der Waals surface area contributed by atoms with Crippen LogP contribution in [0.3, 0.4) is 0 Å². The predicted molar refractivity (Wildman–Crippen MR) is 87.7 cm³/mol. The van der Waals surface area contributed by atoms with Crippen molar-refractivity contribution in [3.8, 4) is 6.07 Å². The van der Waals surface area contributed by atoms with Crippen molar-refractivity contribution < 1.29 is 0 Å². The number of hydrogen-bond acceptors (Lipinski definition) is 3. The van der Waals surface area contributed by atoms with Gasteiger partial charge in [-0.3, -0.25) is 10.2 Å². The molecule has 0 amide bonds. The Bertz CT molecular complexity index is 295. The number of nitrogens with one attached hydrogen (secondary N) is 1. The van der Waals surface area contributed by atoms with Crippen LogP contribution in [0.1, 0.15) is 74.1 Å². The van der Waals surface area contributed by atoms with Crippen molar-refractivity contribution in [2.45, 2.75) is 97.8 Å². The van der Waals surface area contributed by atoms with Crippen LogP contribution in [0.2, 0.25) is 0 Å². The molecular formula is C17H35N3. The Morgan fingerprint density at radius 2 is 1.75 bits per heavy atom. The second-order valence-electron chi connectivity index (χ2n) is 6.64. The van der Waals surface area contributed by atoms with Crippen LogP contribution in [-0.2, 0) is 0 Å². The van der Waals surface area contributed by atoms with E-state index in [1.54, 1.807) is 0 Å². The molecule has 0 aromatic heterocycles. The van der Waals surface area contributed by atoms with E-state index in [9.17, 15) is 5.26 Å². The number of unbranched alkanes of at least 4 members (excludes halogenated alkanes) is 1. The third kappa shape index (κ3) is 6.72. The van der Waals surface area contributed by atoms with Crippen molar-refractivity contribution >= 4 is 0 Å². The van der Waals surface area contributed by atoms with Crippen LogP contribution in [0.25, 0.3) is 0 Å². The van der Waals surface area contributed by atoms with Crippen LogP contribution in [0, 0.1) is 11.3 Å². The van der Waals surface area contributed by atoms with Crippen LogP contribution in [0.15, 0.2) is 0 Å². The lowest BCUT2D eigenvalue weighted by Gasteiger charge is -2.38. The summed E-state index contributed by atoms with van der Waals surface area (Å²) < 4.78 is 0. The van der Waals surface area contributed by atoms with Crippen LogP contribution in [-0.4, -0.2) is 35.1 Å². The Morgan fingerprint density at radius 1 is 1.15 bits per heavy atom. The van der Waals surface area contributed by atoms with Crippen molar-refractivity contribution in [2.24, 2.45) is 0 Å². The average Bonchev–Trinajstić information content (AvgIpc) is 2.37. The lowest BCUT2D eigenvalue weighted by molar-refractivity contribution is 0.124. The Morgan fingerprint density at radius 3 is 2.15 bits per heavy atom. The molecule has 118 valence electrons. The summed E-state index contributed by atoms with van der Waals surface area (Å²) in [7, 11) is 0. The largest absolute Gasteiger partial charge is 0.298 e. The summed E-state index contributed by atoms with van der Waals surface area (Å²) in [6, 6.07) is 3.81. The van der Waals surface area contributed by atoms with Gasteiger partial charge in [0, 0.05) is 18.1 Å². The van der Waals surface area contributed by atoms with Gasteiger partial charge in [0.25, 0.3) is 0 Å². The monoisotopic (exact) mass is 281 g/mol.